The number of hydrogen-bond acceptors (Lipinski definition) is 4. The number of benzene rings is 3. The SMILES string of the molecule is CCOc1ccc(-n2c(O)c(C=Nc3c(F)cccc3F)c3ccccc3c2=O)cc1. The Labute approximate surface area is 176 Å². The van der Waals surface area contributed by atoms with Crippen molar-refractivity contribution in [2.75, 3.05) is 6.61 Å². The number of halogens is 2. The molecule has 31 heavy (non-hydrogen) atoms. The van der Waals surface area contributed by atoms with Gasteiger partial charge in [0.1, 0.15) is 11.4 Å². The Morgan fingerprint density at radius 2 is 1.61 bits per heavy atom. The van der Waals surface area contributed by atoms with Crippen molar-refractivity contribution in [3.05, 3.63) is 94.3 Å². The average molecular weight is 420 g/mol. The van der Waals surface area contributed by atoms with Gasteiger partial charge in [-0.2, -0.15) is 0 Å². The topological polar surface area (TPSA) is 63.8 Å². The molecule has 0 amide bonds. The molecule has 156 valence electrons. The van der Waals surface area contributed by atoms with Gasteiger partial charge < -0.3 is 9.84 Å². The molecule has 0 atom stereocenters. The quantitative estimate of drug-likeness (QED) is 0.456. The molecule has 0 spiro atoms. The zero-order valence-electron chi connectivity index (χ0n) is 16.5. The summed E-state index contributed by atoms with van der Waals surface area (Å²) in [4.78, 5) is 17.0. The maximum atomic E-state index is 14.0. The number of ether oxygens (including phenoxy) is 1. The first-order valence-electron chi connectivity index (χ1n) is 9.59. The van der Waals surface area contributed by atoms with Gasteiger partial charge in [0.15, 0.2) is 11.6 Å². The third-order valence-corrected chi connectivity index (χ3v) is 4.77. The highest BCUT2D eigenvalue weighted by atomic mass is 19.1. The Kier molecular flexibility index (Phi) is 5.49. The van der Waals surface area contributed by atoms with Gasteiger partial charge in [0.2, 0.25) is 5.88 Å². The molecule has 1 heterocycles. The highest BCUT2D eigenvalue weighted by molar-refractivity contribution is 6.02. The predicted molar refractivity (Wildman–Crippen MR) is 116 cm³/mol. The van der Waals surface area contributed by atoms with Gasteiger partial charge in [-0.15, -0.1) is 0 Å². The Hall–Kier alpha value is -4.00. The van der Waals surface area contributed by atoms with E-state index in [2.05, 4.69) is 4.99 Å². The summed E-state index contributed by atoms with van der Waals surface area (Å²) in [6.45, 7) is 2.35. The van der Waals surface area contributed by atoms with Crippen LogP contribution in [0.1, 0.15) is 12.5 Å². The van der Waals surface area contributed by atoms with Crippen molar-refractivity contribution >= 4 is 22.7 Å². The molecule has 0 aliphatic carbocycles. The van der Waals surface area contributed by atoms with Gasteiger partial charge in [-0.3, -0.25) is 4.79 Å². The summed E-state index contributed by atoms with van der Waals surface area (Å²) in [5.74, 6) is -1.44. The normalized spacial score (nSPS) is 11.3. The average Bonchev–Trinajstić information content (AvgIpc) is 2.77. The highest BCUT2D eigenvalue weighted by Gasteiger charge is 2.17. The summed E-state index contributed by atoms with van der Waals surface area (Å²) in [5, 5.41) is 11.7. The molecule has 7 heteroatoms. The second-order valence-corrected chi connectivity index (χ2v) is 6.68. The van der Waals surface area contributed by atoms with Crippen molar-refractivity contribution in [2.24, 2.45) is 4.99 Å². The van der Waals surface area contributed by atoms with Crippen molar-refractivity contribution in [3.63, 3.8) is 0 Å². The summed E-state index contributed by atoms with van der Waals surface area (Å²) in [6.07, 6.45) is 1.16. The Balaban J connectivity index is 1.93. The van der Waals surface area contributed by atoms with E-state index in [-0.39, 0.29) is 5.56 Å². The van der Waals surface area contributed by atoms with Crippen LogP contribution in [-0.4, -0.2) is 22.5 Å². The minimum atomic E-state index is -0.833. The third-order valence-electron chi connectivity index (χ3n) is 4.77. The number of fused-ring (bicyclic) bond motifs is 1. The van der Waals surface area contributed by atoms with Gasteiger partial charge in [0.25, 0.3) is 5.56 Å². The zero-order valence-corrected chi connectivity index (χ0v) is 16.5. The van der Waals surface area contributed by atoms with Crippen LogP contribution in [0.15, 0.2) is 76.5 Å². The molecule has 0 saturated heterocycles. The highest BCUT2D eigenvalue weighted by Crippen LogP contribution is 2.28. The fourth-order valence-electron chi connectivity index (χ4n) is 3.33. The minimum absolute atomic E-state index is 0.159. The molecule has 4 rings (SSSR count). The van der Waals surface area contributed by atoms with E-state index in [0.717, 1.165) is 22.9 Å². The van der Waals surface area contributed by atoms with Crippen LogP contribution in [0.25, 0.3) is 16.5 Å². The van der Waals surface area contributed by atoms with Gasteiger partial charge in [-0.1, -0.05) is 24.3 Å². The number of hydrogen-bond donors (Lipinski definition) is 1. The number of aromatic hydroxyl groups is 1. The van der Waals surface area contributed by atoms with Crippen molar-refractivity contribution in [1.82, 2.24) is 4.57 Å². The molecule has 0 aliphatic heterocycles. The number of nitrogens with zero attached hydrogens (tertiary/aromatic N) is 2. The molecule has 0 saturated carbocycles. The lowest BCUT2D eigenvalue weighted by molar-refractivity contribution is 0.340. The lowest BCUT2D eigenvalue weighted by Crippen LogP contribution is -2.20. The van der Waals surface area contributed by atoms with Crippen LogP contribution in [0.3, 0.4) is 0 Å². The smallest absolute Gasteiger partial charge is 0.265 e. The van der Waals surface area contributed by atoms with Crippen molar-refractivity contribution in [2.45, 2.75) is 6.92 Å². The first-order chi connectivity index (χ1) is 15.0. The van der Waals surface area contributed by atoms with Crippen LogP contribution in [0.4, 0.5) is 14.5 Å². The van der Waals surface area contributed by atoms with Gasteiger partial charge in [0.05, 0.1) is 17.9 Å². The molecule has 0 bridgehead atoms. The van der Waals surface area contributed by atoms with Crippen LogP contribution in [0, 0.1) is 11.6 Å². The van der Waals surface area contributed by atoms with E-state index < -0.39 is 28.8 Å². The van der Waals surface area contributed by atoms with E-state index in [1.54, 1.807) is 48.5 Å². The van der Waals surface area contributed by atoms with Crippen molar-refractivity contribution < 1.29 is 18.6 Å². The monoisotopic (exact) mass is 420 g/mol. The summed E-state index contributed by atoms with van der Waals surface area (Å²) in [7, 11) is 0. The maximum Gasteiger partial charge on any atom is 0.265 e. The van der Waals surface area contributed by atoms with E-state index in [1.807, 2.05) is 6.92 Å². The summed E-state index contributed by atoms with van der Waals surface area (Å²) in [6, 6.07) is 16.7. The molecule has 0 unspecified atom stereocenters. The molecule has 5 nitrogen and oxygen atoms in total. The second-order valence-electron chi connectivity index (χ2n) is 6.68. The van der Waals surface area contributed by atoms with Crippen LogP contribution >= 0.6 is 0 Å². The van der Waals surface area contributed by atoms with E-state index in [4.69, 9.17) is 4.74 Å². The lowest BCUT2D eigenvalue weighted by atomic mass is 10.1. The molecule has 1 aromatic heterocycles. The van der Waals surface area contributed by atoms with Gasteiger partial charge in [0, 0.05) is 17.0 Å². The van der Waals surface area contributed by atoms with E-state index in [0.29, 0.717) is 28.8 Å². The van der Waals surface area contributed by atoms with E-state index >= 15 is 0 Å². The fourth-order valence-corrected chi connectivity index (χ4v) is 3.33. The van der Waals surface area contributed by atoms with Crippen LogP contribution < -0.4 is 10.3 Å². The predicted octanol–water partition coefficient (Wildman–Crippen LogP) is 5.12. The van der Waals surface area contributed by atoms with Gasteiger partial charge in [-0.05, 0) is 49.4 Å². The molecule has 0 fully saturated rings. The number of aromatic nitrogens is 1. The fraction of sp³-hybridized carbons (Fsp3) is 0.0833. The largest absolute Gasteiger partial charge is 0.494 e. The standard InChI is InChI=1S/C24H18F2N2O3/c1-2-31-16-12-10-15(11-13-16)28-23(29)18-7-4-3-6-17(18)19(24(28)30)14-27-22-20(25)8-5-9-21(22)26/h3-14,30H,2H2,1H3. The molecular weight excluding hydrogens is 402 g/mol. The Morgan fingerprint density at radius 1 is 0.968 bits per heavy atom. The molecule has 0 radical (unpaired) electrons. The molecule has 0 aliphatic rings. The number of rotatable bonds is 5. The Morgan fingerprint density at radius 3 is 2.26 bits per heavy atom. The Bertz CT molecular complexity index is 1330. The lowest BCUT2D eigenvalue weighted by Gasteiger charge is -2.14. The molecule has 3 aromatic carbocycles. The molecule has 4 aromatic rings. The van der Waals surface area contributed by atoms with Gasteiger partial charge in [-0.25, -0.2) is 18.3 Å². The first-order valence-corrected chi connectivity index (χ1v) is 9.59. The first kappa shape index (κ1) is 20.3. The van der Waals surface area contributed by atoms with E-state index in [9.17, 15) is 18.7 Å². The van der Waals surface area contributed by atoms with Crippen LogP contribution in [0.5, 0.6) is 11.6 Å². The minimum Gasteiger partial charge on any atom is -0.494 e. The molecule has 1 N–H and O–H groups in total. The zero-order chi connectivity index (χ0) is 22.0. The van der Waals surface area contributed by atoms with Crippen molar-refractivity contribution in [3.8, 4) is 17.3 Å². The molecular formula is C24H18F2N2O3. The summed E-state index contributed by atoms with van der Waals surface area (Å²) < 4.78 is 34.5. The number of aliphatic imine (C=N–C) groups is 1. The van der Waals surface area contributed by atoms with Crippen molar-refractivity contribution in [1.29, 1.82) is 0 Å². The second kappa shape index (κ2) is 8.39. The summed E-state index contributed by atoms with van der Waals surface area (Å²) >= 11 is 0. The third kappa shape index (κ3) is 3.77. The van der Waals surface area contributed by atoms with Crippen LogP contribution in [-0.2, 0) is 0 Å². The van der Waals surface area contributed by atoms with Crippen LogP contribution in [0.2, 0.25) is 0 Å². The summed E-state index contributed by atoms with van der Waals surface area (Å²) in [5.41, 5.74) is -0.355. The maximum absolute atomic E-state index is 14.0. The number of pyridine rings is 1. The van der Waals surface area contributed by atoms with E-state index in [1.165, 1.54) is 6.07 Å². The number of para-hydroxylation sites is 1. The van der Waals surface area contributed by atoms with Gasteiger partial charge >= 0.3 is 0 Å².